The second-order valence-electron chi connectivity index (χ2n) is 8.31. The van der Waals surface area contributed by atoms with Crippen LogP contribution in [0.15, 0.2) is 49.3 Å². The third-order valence-electron chi connectivity index (χ3n) is 5.78. The average Bonchev–Trinajstić information content (AvgIpc) is 3.41. The SMILES string of the molecule is Cc1cnc2[nH]cc(NC(=O)Oc3cnn(Cc4ccncc4)c3)c2c1N1CCC[C@@H](N)C1. The first-order chi connectivity index (χ1) is 16.1. The van der Waals surface area contributed by atoms with Gasteiger partial charge in [0.05, 0.1) is 35.7 Å². The van der Waals surface area contributed by atoms with Crippen LogP contribution in [-0.4, -0.2) is 50.0 Å². The molecule has 4 aromatic rings. The zero-order valence-electron chi connectivity index (χ0n) is 18.4. The van der Waals surface area contributed by atoms with Crippen molar-refractivity contribution >= 4 is 28.5 Å². The lowest BCUT2D eigenvalue weighted by molar-refractivity contribution is 0.215. The maximum atomic E-state index is 12.7. The summed E-state index contributed by atoms with van der Waals surface area (Å²) >= 11 is 0. The largest absolute Gasteiger partial charge is 0.417 e. The zero-order valence-corrected chi connectivity index (χ0v) is 18.4. The summed E-state index contributed by atoms with van der Waals surface area (Å²) in [6, 6.07) is 3.95. The fraction of sp³-hybridized carbons (Fsp3) is 0.304. The van der Waals surface area contributed by atoms with Gasteiger partial charge in [-0.3, -0.25) is 15.0 Å². The Kier molecular flexibility index (Phi) is 5.66. The molecule has 0 unspecified atom stereocenters. The summed E-state index contributed by atoms with van der Waals surface area (Å²) in [7, 11) is 0. The Morgan fingerprint density at radius 1 is 1.33 bits per heavy atom. The molecule has 0 radical (unpaired) electrons. The number of fused-ring (bicyclic) bond motifs is 1. The molecule has 5 heterocycles. The Morgan fingerprint density at radius 2 is 2.18 bits per heavy atom. The van der Waals surface area contributed by atoms with E-state index in [1.54, 1.807) is 29.5 Å². The zero-order chi connectivity index (χ0) is 22.8. The van der Waals surface area contributed by atoms with Crippen molar-refractivity contribution in [2.75, 3.05) is 23.3 Å². The lowest BCUT2D eigenvalue weighted by atomic mass is 10.0. The number of piperidine rings is 1. The van der Waals surface area contributed by atoms with Crippen LogP contribution in [-0.2, 0) is 6.54 Å². The van der Waals surface area contributed by atoms with Gasteiger partial charge in [0.25, 0.3) is 0 Å². The quantitative estimate of drug-likeness (QED) is 0.430. The van der Waals surface area contributed by atoms with Crippen LogP contribution < -0.4 is 20.7 Å². The van der Waals surface area contributed by atoms with Gasteiger partial charge in [-0.15, -0.1) is 0 Å². The van der Waals surface area contributed by atoms with Crippen LogP contribution >= 0.6 is 0 Å². The van der Waals surface area contributed by atoms with E-state index in [2.05, 4.69) is 30.3 Å². The molecular weight excluding hydrogens is 420 g/mol. The van der Waals surface area contributed by atoms with Crippen LogP contribution in [0.1, 0.15) is 24.0 Å². The fourth-order valence-electron chi connectivity index (χ4n) is 4.29. The van der Waals surface area contributed by atoms with Crippen molar-refractivity contribution in [1.82, 2.24) is 24.7 Å². The summed E-state index contributed by atoms with van der Waals surface area (Å²) < 4.78 is 7.18. The molecule has 1 aliphatic rings. The molecule has 4 aromatic heterocycles. The second kappa shape index (κ2) is 8.91. The first-order valence-corrected chi connectivity index (χ1v) is 10.9. The van der Waals surface area contributed by atoms with E-state index >= 15 is 0 Å². The molecule has 1 saturated heterocycles. The van der Waals surface area contributed by atoms with Crippen molar-refractivity contribution in [3.05, 3.63) is 60.4 Å². The minimum absolute atomic E-state index is 0.130. The standard InChI is InChI=1S/C23H26N8O2/c1-15-9-26-22-20(21(15)30-8-2-3-17(24)13-30)19(11-27-22)29-23(32)33-18-10-28-31(14-18)12-16-4-6-25-7-5-16/h4-7,9-11,14,17H,2-3,8,12-13,24H2,1H3,(H,26,27)(H,29,32)/t17-/m1/s1. The highest BCUT2D eigenvalue weighted by Gasteiger charge is 2.23. The number of rotatable bonds is 5. The first kappa shape index (κ1) is 21.0. The van der Waals surface area contributed by atoms with Gasteiger partial charge in [0.2, 0.25) is 0 Å². The molecule has 0 aromatic carbocycles. The molecule has 0 bridgehead atoms. The molecule has 5 rings (SSSR count). The molecule has 10 nitrogen and oxygen atoms in total. The second-order valence-corrected chi connectivity index (χ2v) is 8.31. The average molecular weight is 447 g/mol. The highest BCUT2D eigenvalue weighted by atomic mass is 16.6. The number of carbonyl (C=O) groups excluding carboxylic acids is 1. The molecule has 170 valence electrons. The number of nitrogens with one attached hydrogen (secondary N) is 2. The molecule has 1 aliphatic heterocycles. The minimum Gasteiger partial charge on any atom is -0.407 e. The number of ether oxygens (including phenoxy) is 1. The third kappa shape index (κ3) is 4.51. The Hall–Kier alpha value is -3.92. The lowest BCUT2D eigenvalue weighted by Gasteiger charge is -2.34. The molecule has 1 amide bonds. The number of nitrogens with two attached hydrogens (primary N) is 1. The summed E-state index contributed by atoms with van der Waals surface area (Å²) in [6.07, 6.45) is 11.7. The van der Waals surface area contributed by atoms with Gasteiger partial charge in [-0.25, -0.2) is 9.78 Å². The number of hydrogen-bond donors (Lipinski definition) is 3. The highest BCUT2D eigenvalue weighted by Crippen LogP contribution is 2.36. The number of amides is 1. The van der Waals surface area contributed by atoms with Gasteiger partial charge in [-0.2, -0.15) is 5.10 Å². The van der Waals surface area contributed by atoms with Crippen molar-refractivity contribution in [2.45, 2.75) is 32.4 Å². The number of pyridine rings is 2. The van der Waals surface area contributed by atoms with Gasteiger partial charge in [-0.05, 0) is 43.0 Å². The molecule has 0 spiro atoms. The van der Waals surface area contributed by atoms with Crippen molar-refractivity contribution in [3.8, 4) is 5.75 Å². The number of carbonyl (C=O) groups is 1. The molecule has 0 aliphatic carbocycles. The number of aromatic amines is 1. The minimum atomic E-state index is -0.595. The lowest BCUT2D eigenvalue weighted by Crippen LogP contribution is -2.43. The molecule has 0 saturated carbocycles. The van der Waals surface area contributed by atoms with Gasteiger partial charge in [0.1, 0.15) is 5.65 Å². The molecule has 1 fully saturated rings. The van der Waals surface area contributed by atoms with E-state index in [1.165, 1.54) is 6.20 Å². The molecule has 1 atom stereocenters. The predicted molar refractivity (Wildman–Crippen MR) is 125 cm³/mol. The summed E-state index contributed by atoms with van der Waals surface area (Å²) in [5, 5.41) is 7.97. The van der Waals surface area contributed by atoms with Crippen molar-refractivity contribution in [1.29, 1.82) is 0 Å². The molecule has 10 heteroatoms. The number of hydrogen-bond acceptors (Lipinski definition) is 7. The summed E-state index contributed by atoms with van der Waals surface area (Å²) in [5.74, 6) is 0.359. The summed E-state index contributed by atoms with van der Waals surface area (Å²) in [5.41, 5.74) is 10.7. The maximum absolute atomic E-state index is 12.7. The van der Waals surface area contributed by atoms with E-state index in [-0.39, 0.29) is 6.04 Å². The summed E-state index contributed by atoms with van der Waals surface area (Å²) in [4.78, 5) is 26.6. The number of aryl methyl sites for hydroxylation is 1. The van der Waals surface area contributed by atoms with E-state index in [4.69, 9.17) is 10.5 Å². The Bertz CT molecular complexity index is 1270. The normalized spacial score (nSPS) is 16.2. The number of anilines is 2. The van der Waals surface area contributed by atoms with Crippen LogP contribution in [0.25, 0.3) is 11.0 Å². The highest BCUT2D eigenvalue weighted by molar-refractivity contribution is 6.06. The van der Waals surface area contributed by atoms with Gasteiger partial charge < -0.3 is 20.4 Å². The van der Waals surface area contributed by atoms with E-state index in [1.807, 2.05) is 25.3 Å². The maximum Gasteiger partial charge on any atom is 0.417 e. The Balaban J connectivity index is 1.33. The number of nitrogens with zero attached hydrogens (tertiary/aromatic N) is 5. The van der Waals surface area contributed by atoms with E-state index in [0.717, 1.165) is 48.1 Å². The van der Waals surface area contributed by atoms with Crippen LogP contribution in [0.5, 0.6) is 5.75 Å². The van der Waals surface area contributed by atoms with Crippen molar-refractivity contribution < 1.29 is 9.53 Å². The first-order valence-electron chi connectivity index (χ1n) is 10.9. The van der Waals surface area contributed by atoms with E-state index in [0.29, 0.717) is 23.6 Å². The monoisotopic (exact) mass is 446 g/mol. The van der Waals surface area contributed by atoms with Gasteiger partial charge in [0, 0.05) is 43.9 Å². The van der Waals surface area contributed by atoms with Crippen LogP contribution in [0.4, 0.5) is 16.2 Å². The predicted octanol–water partition coefficient (Wildman–Crippen LogP) is 3.05. The third-order valence-corrected chi connectivity index (χ3v) is 5.78. The van der Waals surface area contributed by atoms with Crippen molar-refractivity contribution in [3.63, 3.8) is 0 Å². The molecular formula is C23H26N8O2. The van der Waals surface area contributed by atoms with E-state index < -0.39 is 6.09 Å². The topological polar surface area (TPSA) is 127 Å². The van der Waals surface area contributed by atoms with Gasteiger partial charge in [-0.1, -0.05) is 0 Å². The molecule has 33 heavy (non-hydrogen) atoms. The van der Waals surface area contributed by atoms with Gasteiger partial charge in [0.15, 0.2) is 5.75 Å². The fourth-order valence-corrected chi connectivity index (χ4v) is 4.29. The van der Waals surface area contributed by atoms with Crippen LogP contribution in [0.3, 0.4) is 0 Å². The summed E-state index contributed by atoms with van der Waals surface area (Å²) in [6.45, 7) is 4.27. The van der Waals surface area contributed by atoms with Crippen molar-refractivity contribution in [2.24, 2.45) is 5.73 Å². The number of H-pyrrole nitrogens is 1. The smallest absolute Gasteiger partial charge is 0.407 e. The van der Waals surface area contributed by atoms with Crippen LogP contribution in [0.2, 0.25) is 0 Å². The number of aromatic nitrogens is 5. The Morgan fingerprint density at radius 3 is 3.00 bits per heavy atom. The molecule has 4 N–H and O–H groups in total. The van der Waals surface area contributed by atoms with Gasteiger partial charge >= 0.3 is 6.09 Å². The van der Waals surface area contributed by atoms with Crippen LogP contribution in [0, 0.1) is 6.92 Å². The Labute approximate surface area is 190 Å². The van der Waals surface area contributed by atoms with E-state index in [9.17, 15) is 4.79 Å².